The number of hydrogen-bond acceptors (Lipinski definition) is 4. The molecule has 0 unspecified atom stereocenters. The Bertz CT molecular complexity index is 872. The van der Waals surface area contributed by atoms with Gasteiger partial charge in [0.05, 0.1) is 0 Å². The maximum atomic E-state index is 12.6. The number of ether oxygens (including phenoxy) is 2. The van der Waals surface area contributed by atoms with Gasteiger partial charge in [-0.2, -0.15) is 0 Å². The van der Waals surface area contributed by atoms with E-state index in [1.165, 1.54) is 5.56 Å². The smallest absolute Gasteiger partial charge is 0.240 e. The van der Waals surface area contributed by atoms with Gasteiger partial charge in [0.15, 0.2) is 11.5 Å². The van der Waals surface area contributed by atoms with Gasteiger partial charge in [-0.15, -0.1) is 0 Å². The van der Waals surface area contributed by atoms with Crippen LogP contribution in [0.5, 0.6) is 11.5 Å². The summed E-state index contributed by atoms with van der Waals surface area (Å²) in [7, 11) is 0. The summed E-state index contributed by atoms with van der Waals surface area (Å²) >= 11 is 0. The molecule has 1 aliphatic carbocycles. The van der Waals surface area contributed by atoms with E-state index in [-0.39, 0.29) is 18.6 Å². The Morgan fingerprint density at radius 3 is 2.37 bits per heavy atom. The van der Waals surface area contributed by atoms with Gasteiger partial charge in [-0.1, -0.05) is 25.1 Å². The Hall–Kier alpha value is -3.02. The van der Waals surface area contributed by atoms with Crippen molar-refractivity contribution in [1.29, 1.82) is 0 Å². The van der Waals surface area contributed by atoms with Gasteiger partial charge in [-0.3, -0.25) is 9.59 Å². The molecule has 1 heterocycles. The van der Waals surface area contributed by atoms with Crippen LogP contribution in [0.1, 0.15) is 30.9 Å². The van der Waals surface area contributed by atoms with E-state index in [0.29, 0.717) is 36.6 Å². The van der Waals surface area contributed by atoms with Crippen molar-refractivity contribution in [2.24, 2.45) is 5.41 Å². The van der Waals surface area contributed by atoms with Gasteiger partial charge in [-0.25, -0.2) is 0 Å². The van der Waals surface area contributed by atoms with Crippen LogP contribution in [-0.2, 0) is 22.6 Å². The molecule has 2 amide bonds. The maximum absolute atomic E-state index is 12.6. The highest BCUT2D eigenvalue weighted by atomic mass is 16.7. The van der Waals surface area contributed by atoms with Gasteiger partial charge >= 0.3 is 0 Å². The third-order valence-corrected chi connectivity index (χ3v) is 5.13. The molecule has 0 aromatic heterocycles. The summed E-state index contributed by atoms with van der Waals surface area (Å²) in [6.45, 7) is 2.64. The summed E-state index contributed by atoms with van der Waals surface area (Å²) in [5.74, 6) is 0.908. The Kier molecular flexibility index (Phi) is 4.48. The molecule has 2 N–H and O–H groups in total. The highest BCUT2D eigenvalue weighted by Gasteiger charge is 2.56. The van der Waals surface area contributed by atoms with Crippen molar-refractivity contribution < 1.29 is 19.1 Å². The Morgan fingerprint density at radius 2 is 1.67 bits per heavy atom. The molecule has 27 heavy (non-hydrogen) atoms. The van der Waals surface area contributed by atoms with Gasteiger partial charge in [-0.05, 0) is 54.7 Å². The molecule has 6 heteroatoms. The first-order valence-corrected chi connectivity index (χ1v) is 9.18. The van der Waals surface area contributed by atoms with Gasteiger partial charge in [0.1, 0.15) is 5.41 Å². The van der Waals surface area contributed by atoms with Gasteiger partial charge < -0.3 is 20.1 Å². The van der Waals surface area contributed by atoms with Crippen LogP contribution >= 0.6 is 0 Å². The highest BCUT2D eigenvalue weighted by molar-refractivity contribution is 6.13. The monoisotopic (exact) mass is 366 g/mol. The van der Waals surface area contributed by atoms with E-state index in [4.69, 9.17) is 9.47 Å². The Morgan fingerprint density at radius 1 is 0.963 bits per heavy atom. The van der Waals surface area contributed by atoms with Crippen molar-refractivity contribution in [1.82, 2.24) is 5.32 Å². The number of aryl methyl sites for hydroxylation is 1. The molecular weight excluding hydrogens is 344 g/mol. The van der Waals surface area contributed by atoms with E-state index in [0.717, 1.165) is 12.0 Å². The summed E-state index contributed by atoms with van der Waals surface area (Å²) in [6, 6.07) is 13.3. The lowest BCUT2D eigenvalue weighted by atomic mass is 10.0. The molecule has 1 aliphatic heterocycles. The first-order chi connectivity index (χ1) is 13.1. The second-order valence-electron chi connectivity index (χ2n) is 6.96. The van der Waals surface area contributed by atoms with Crippen molar-refractivity contribution in [3.8, 4) is 11.5 Å². The zero-order valence-electron chi connectivity index (χ0n) is 15.2. The van der Waals surface area contributed by atoms with Crippen LogP contribution in [0.3, 0.4) is 0 Å². The van der Waals surface area contributed by atoms with Crippen molar-refractivity contribution in [2.75, 3.05) is 12.1 Å². The molecule has 1 saturated carbocycles. The number of carbonyl (C=O) groups is 2. The van der Waals surface area contributed by atoms with Crippen LogP contribution in [0.2, 0.25) is 0 Å². The Balaban J connectivity index is 1.36. The first kappa shape index (κ1) is 17.4. The largest absolute Gasteiger partial charge is 0.454 e. The summed E-state index contributed by atoms with van der Waals surface area (Å²) < 4.78 is 10.6. The number of anilines is 1. The van der Waals surface area contributed by atoms with E-state index < -0.39 is 5.41 Å². The first-order valence-electron chi connectivity index (χ1n) is 9.18. The van der Waals surface area contributed by atoms with Crippen LogP contribution < -0.4 is 20.1 Å². The average Bonchev–Trinajstić information content (AvgIpc) is 3.38. The standard InChI is InChI=1S/C21H22N2O4/c1-2-14-3-6-16(7-4-14)23-20(25)21(9-10-21)19(24)22-12-15-5-8-17-18(11-15)27-13-26-17/h3-8,11H,2,9-10,12-13H2,1H3,(H,22,24)(H,23,25). The van der Waals surface area contributed by atoms with Gasteiger partial charge in [0.25, 0.3) is 0 Å². The van der Waals surface area contributed by atoms with E-state index in [1.54, 1.807) is 0 Å². The van der Waals surface area contributed by atoms with Crippen molar-refractivity contribution in [3.63, 3.8) is 0 Å². The lowest BCUT2D eigenvalue weighted by Crippen LogP contribution is -2.39. The normalized spacial score (nSPS) is 15.9. The van der Waals surface area contributed by atoms with E-state index in [2.05, 4.69) is 17.6 Å². The minimum atomic E-state index is -0.959. The second-order valence-corrected chi connectivity index (χ2v) is 6.96. The number of fused-ring (bicyclic) bond motifs is 1. The van der Waals surface area contributed by atoms with Crippen molar-refractivity contribution in [2.45, 2.75) is 32.7 Å². The second kappa shape index (κ2) is 6.95. The van der Waals surface area contributed by atoms with E-state index in [1.807, 2.05) is 42.5 Å². The summed E-state index contributed by atoms with van der Waals surface area (Å²) in [5, 5.41) is 5.75. The highest BCUT2D eigenvalue weighted by Crippen LogP contribution is 2.47. The SMILES string of the molecule is CCc1ccc(NC(=O)C2(C(=O)NCc3ccc4c(c3)OCO4)CC2)cc1. The maximum Gasteiger partial charge on any atom is 0.240 e. The molecule has 2 aliphatic rings. The van der Waals surface area contributed by atoms with Gasteiger partial charge in [0.2, 0.25) is 18.6 Å². The minimum absolute atomic E-state index is 0.216. The summed E-state index contributed by atoms with van der Waals surface area (Å²) in [6.07, 6.45) is 2.08. The topological polar surface area (TPSA) is 76.7 Å². The summed E-state index contributed by atoms with van der Waals surface area (Å²) in [4.78, 5) is 25.3. The van der Waals surface area contributed by atoms with E-state index >= 15 is 0 Å². The fraction of sp³-hybridized carbons (Fsp3) is 0.333. The third-order valence-electron chi connectivity index (χ3n) is 5.13. The number of amides is 2. The molecule has 2 aromatic rings. The molecule has 0 atom stereocenters. The molecule has 1 fully saturated rings. The molecule has 0 bridgehead atoms. The number of benzene rings is 2. The third kappa shape index (κ3) is 3.47. The molecule has 2 aromatic carbocycles. The zero-order chi connectivity index (χ0) is 18.9. The average molecular weight is 366 g/mol. The predicted octanol–water partition coefficient (Wildman–Crippen LogP) is 3.01. The lowest BCUT2D eigenvalue weighted by Gasteiger charge is -2.16. The Labute approximate surface area is 157 Å². The van der Waals surface area contributed by atoms with Crippen LogP contribution in [0.25, 0.3) is 0 Å². The number of hydrogen-bond donors (Lipinski definition) is 2. The van der Waals surface area contributed by atoms with Crippen molar-refractivity contribution in [3.05, 3.63) is 53.6 Å². The van der Waals surface area contributed by atoms with Crippen LogP contribution in [0, 0.1) is 5.41 Å². The van der Waals surface area contributed by atoms with Crippen LogP contribution in [-0.4, -0.2) is 18.6 Å². The van der Waals surface area contributed by atoms with E-state index in [9.17, 15) is 9.59 Å². The van der Waals surface area contributed by atoms with Crippen molar-refractivity contribution >= 4 is 17.5 Å². The zero-order valence-corrected chi connectivity index (χ0v) is 15.2. The molecule has 0 radical (unpaired) electrons. The van der Waals surface area contributed by atoms with Gasteiger partial charge in [0, 0.05) is 12.2 Å². The fourth-order valence-electron chi connectivity index (χ4n) is 3.16. The molecule has 4 rings (SSSR count). The number of rotatable bonds is 6. The number of nitrogens with one attached hydrogen (secondary N) is 2. The number of carbonyl (C=O) groups excluding carboxylic acids is 2. The quantitative estimate of drug-likeness (QED) is 0.771. The molecular formula is C21H22N2O4. The summed E-state index contributed by atoms with van der Waals surface area (Å²) in [5.41, 5.74) is 1.86. The predicted molar refractivity (Wildman–Crippen MR) is 101 cm³/mol. The molecule has 0 saturated heterocycles. The molecule has 6 nitrogen and oxygen atoms in total. The minimum Gasteiger partial charge on any atom is -0.454 e. The van der Waals surface area contributed by atoms with Crippen LogP contribution in [0.15, 0.2) is 42.5 Å². The molecule has 140 valence electrons. The molecule has 0 spiro atoms. The van der Waals surface area contributed by atoms with Crippen LogP contribution in [0.4, 0.5) is 5.69 Å². The fourth-order valence-corrected chi connectivity index (χ4v) is 3.16. The lowest BCUT2D eigenvalue weighted by molar-refractivity contribution is -0.134.